The van der Waals surface area contributed by atoms with E-state index in [-0.39, 0.29) is 17.6 Å². The number of amides is 1. The third kappa shape index (κ3) is 4.27. The molecule has 7 heteroatoms. The Morgan fingerprint density at radius 2 is 1.88 bits per heavy atom. The van der Waals surface area contributed by atoms with Crippen LogP contribution >= 0.6 is 11.3 Å². The predicted octanol–water partition coefficient (Wildman–Crippen LogP) is 3.88. The minimum atomic E-state index is -0.721. The van der Waals surface area contributed by atoms with Gasteiger partial charge in [0.15, 0.2) is 0 Å². The quantitative estimate of drug-likeness (QED) is 0.830. The van der Waals surface area contributed by atoms with Gasteiger partial charge in [0.1, 0.15) is 15.7 Å². The van der Waals surface area contributed by atoms with Gasteiger partial charge in [0.2, 0.25) is 0 Å². The number of benzene rings is 1. The number of aromatic nitrogens is 1. The van der Waals surface area contributed by atoms with Gasteiger partial charge in [-0.3, -0.25) is 9.59 Å². The van der Waals surface area contributed by atoms with E-state index in [1.807, 2.05) is 0 Å². The van der Waals surface area contributed by atoms with Crippen molar-refractivity contribution in [2.45, 2.75) is 32.6 Å². The molecule has 2 aromatic rings. The molecule has 5 nitrogen and oxygen atoms in total. The zero-order chi connectivity index (χ0) is 18.7. The number of aryl methyl sites for hydroxylation is 1. The summed E-state index contributed by atoms with van der Waals surface area (Å²) in [5.74, 6) is -1.12. The molecule has 0 atom stereocenters. The summed E-state index contributed by atoms with van der Waals surface area (Å²) < 4.78 is 13.0. The maximum Gasteiger partial charge on any atom is 0.306 e. The molecule has 1 aliphatic carbocycles. The molecule has 138 valence electrons. The van der Waals surface area contributed by atoms with Gasteiger partial charge in [-0.1, -0.05) is 0 Å². The molecule has 1 amide bonds. The highest BCUT2D eigenvalue weighted by molar-refractivity contribution is 7.17. The predicted molar refractivity (Wildman–Crippen MR) is 97.7 cm³/mol. The fourth-order valence-corrected chi connectivity index (χ4v) is 4.24. The van der Waals surface area contributed by atoms with Crippen LogP contribution in [0.25, 0.3) is 10.6 Å². The van der Waals surface area contributed by atoms with Crippen LogP contribution in [0.1, 0.15) is 41.0 Å². The average molecular weight is 376 g/mol. The second-order valence-electron chi connectivity index (χ2n) is 6.71. The minimum Gasteiger partial charge on any atom is -0.481 e. The number of carboxylic acid groups (broad SMARTS) is 1. The standard InChI is InChI=1S/C19H21FN2O3S/c1-11-16(26-18(22-11)13-6-8-15(20)9-7-13)17(23)21-10-12-2-4-14(5-3-12)19(24)25/h6-9,12,14H,2-5,10H2,1H3,(H,21,23)(H,24,25). The van der Waals surface area contributed by atoms with Crippen LogP contribution in [0.5, 0.6) is 0 Å². The molecule has 1 heterocycles. The van der Waals surface area contributed by atoms with Crippen LogP contribution < -0.4 is 5.32 Å². The molecule has 0 aliphatic heterocycles. The lowest BCUT2D eigenvalue weighted by atomic mass is 9.82. The topological polar surface area (TPSA) is 79.3 Å². The molecule has 1 saturated carbocycles. The maximum absolute atomic E-state index is 13.0. The van der Waals surface area contributed by atoms with E-state index in [1.54, 1.807) is 19.1 Å². The largest absolute Gasteiger partial charge is 0.481 e. The summed E-state index contributed by atoms with van der Waals surface area (Å²) in [6, 6.07) is 6.05. The summed E-state index contributed by atoms with van der Waals surface area (Å²) in [5, 5.41) is 12.7. The summed E-state index contributed by atoms with van der Waals surface area (Å²) in [6.07, 6.45) is 2.98. The van der Waals surface area contributed by atoms with Crippen molar-refractivity contribution in [2.75, 3.05) is 6.54 Å². The van der Waals surface area contributed by atoms with Crippen molar-refractivity contribution < 1.29 is 19.1 Å². The molecule has 3 rings (SSSR count). The first-order valence-corrected chi connectivity index (χ1v) is 9.50. The summed E-state index contributed by atoms with van der Waals surface area (Å²) in [6.45, 7) is 2.34. The van der Waals surface area contributed by atoms with E-state index in [2.05, 4.69) is 10.3 Å². The average Bonchev–Trinajstić information content (AvgIpc) is 3.02. The Morgan fingerprint density at radius 1 is 1.23 bits per heavy atom. The Balaban J connectivity index is 1.58. The first-order valence-electron chi connectivity index (χ1n) is 8.68. The van der Waals surface area contributed by atoms with Crippen molar-refractivity contribution in [1.82, 2.24) is 10.3 Å². The first kappa shape index (κ1) is 18.5. The van der Waals surface area contributed by atoms with Crippen molar-refractivity contribution in [3.63, 3.8) is 0 Å². The molecule has 26 heavy (non-hydrogen) atoms. The molecule has 0 bridgehead atoms. The molecule has 0 radical (unpaired) electrons. The molecule has 1 fully saturated rings. The van der Waals surface area contributed by atoms with Crippen molar-refractivity contribution in [2.24, 2.45) is 11.8 Å². The van der Waals surface area contributed by atoms with Gasteiger partial charge in [-0.2, -0.15) is 0 Å². The number of nitrogens with one attached hydrogen (secondary N) is 1. The molecule has 1 aromatic heterocycles. The minimum absolute atomic E-state index is 0.159. The van der Waals surface area contributed by atoms with Gasteiger partial charge in [0, 0.05) is 12.1 Å². The van der Waals surface area contributed by atoms with Crippen LogP contribution in [0.15, 0.2) is 24.3 Å². The van der Waals surface area contributed by atoms with Crippen LogP contribution in [-0.2, 0) is 4.79 Å². The molecule has 1 aromatic carbocycles. The SMILES string of the molecule is Cc1nc(-c2ccc(F)cc2)sc1C(=O)NCC1CCC(C(=O)O)CC1. The van der Waals surface area contributed by atoms with Gasteiger partial charge in [-0.15, -0.1) is 11.3 Å². The highest BCUT2D eigenvalue weighted by Crippen LogP contribution is 2.30. The Morgan fingerprint density at radius 3 is 2.50 bits per heavy atom. The van der Waals surface area contributed by atoms with Crippen LogP contribution in [0.2, 0.25) is 0 Å². The lowest BCUT2D eigenvalue weighted by Crippen LogP contribution is -2.32. The molecule has 2 N–H and O–H groups in total. The Labute approximate surface area is 155 Å². The van der Waals surface area contributed by atoms with Gasteiger partial charge in [-0.05, 0) is 62.8 Å². The van der Waals surface area contributed by atoms with Gasteiger partial charge in [0.25, 0.3) is 5.91 Å². The summed E-state index contributed by atoms with van der Waals surface area (Å²) in [7, 11) is 0. The van der Waals surface area contributed by atoms with Crippen molar-refractivity contribution in [3.8, 4) is 10.6 Å². The highest BCUT2D eigenvalue weighted by atomic mass is 32.1. The summed E-state index contributed by atoms with van der Waals surface area (Å²) in [4.78, 5) is 28.5. The smallest absolute Gasteiger partial charge is 0.306 e. The van der Waals surface area contributed by atoms with E-state index >= 15 is 0 Å². The van der Waals surface area contributed by atoms with Crippen molar-refractivity contribution >= 4 is 23.2 Å². The van der Waals surface area contributed by atoms with Gasteiger partial charge in [-0.25, -0.2) is 9.37 Å². The van der Waals surface area contributed by atoms with Crippen LogP contribution in [0, 0.1) is 24.6 Å². The van der Waals surface area contributed by atoms with Gasteiger partial charge >= 0.3 is 5.97 Å². The number of carboxylic acids is 1. The van der Waals surface area contributed by atoms with Gasteiger partial charge in [0.05, 0.1) is 11.6 Å². The number of thiazole rings is 1. The normalized spacial score (nSPS) is 19.9. The van der Waals surface area contributed by atoms with Crippen molar-refractivity contribution in [3.05, 3.63) is 40.7 Å². The Kier molecular flexibility index (Phi) is 5.66. The lowest BCUT2D eigenvalue weighted by Gasteiger charge is -2.26. The van der Waals surface area contributed by atoms with Crippen LogP contribution in [0.4, 0.5) is 4.39 Å². The fraction of sp³-hybridized carbons (Fsp3) is 0.421. The van der Waals surface area contributed by atoms with E-state index < -0.39 is 5.97 Å². The van der Waals surface area contributed by atoms with Gasteiger partial charge < -0.3 is 10.4 Å². The molecular formula is C19H21FN2O3S. The third-order valence-electron chi connectivity index (χ3n) is 4.84. The van der Waals surface area contributed by atoms with E-state index in [4.69, 9.17) is 5.11 Å². The fourth-order valence-electron chi connectivity index (χ4n) is 3.25. The van der Waals surface area contributed by atoms with E-state index in [1.165, 1.54) is 23.5 Å². The lowest BCUT2D eigenvalue weighted by molar-refractivity contribution is -0.143. The van der Waals surface area contributed by atoms with E-state index in [9.17, 15) is 14.0 Å². The molecular weight excluding hydrogens is 355 g/mol. The summed E-state index contributed by atoms with van der Waals surface area (Å²) in [5.41, 5.74) is 1.44. The number of hydrogen-bond donors (Lipinski definition) is 2. The Bertz CT molecular complexity index is 796. The number of carbonyl (C=O) groups is 2. The number of hydrogen-bond acceptors (Lipinski definition) is 4. The number of nitrogens with zero attached hydrogens (tertiary/aromatic N) is 1. The zero-order valence-electron chi connectivity index (χ0n) is 14.5. The van der Waals surface area contributed by atoms with Crippen LogP contribution in [-0.4, -0.2) is 28.5 Å². The highest BCUT2D eigenvalue weighted by Gasteiger charge is 2.26. The number of halogens is 1. The number of rotatable bonds is 5. The molecule has 0 spiro atoms. The second-order valence-corrected chi connectivity index (χ2v) is 7.71. The zero-order valence-corrected chi connectivity index (χ0v) is 15.3. The second kappa shape index (κ2) is 7.95. The van der Waals surface area contributed by atoms with E-state index in [0.717, 1.165) is 18.4 Å². The molecule has 0 saturated heterocycles. The monoisotopic (exact) mass is 376 g/mol. The van der Waals surface area contributed by atoms with Crippen molar-refractivity contribution in [1.29, 1.82) is 0 Å². The third-order valence-corrected chi connectivity index (χ3v) is 6.05. The molecule has 1 aliphatic rings. The van der Waals surface area contributed by atoms with E-state index in [0.29, 0.717) is 40.9 Å². The first-order chi connectivity index (χ1) is 12.4. The Hall–Kier alpha value is -2.28. The number of aliphatic carboxylic acids is 1. The van der Waals surface area contributed by atoms with Crippen LogP contribution in [0.3, 0.4) is 0 Å². The molecule has 0 unspecified atom stereocenters. The number of carbonyl (C=O) groups excluding carboxylic acids is 1. The summed E-state index contributed by atoms with van der Waals surface area (Å²) >= 11 is 1.29. The maximum atomic E-state index is 13.0.